The second kappa shape index (κ2) is 8.83. The SMILES string of the molecule is COCCN(CC(C)C)C(=O)Cc1ccc(N2CCCC2=O)cc1. The van der Waals surface area contributed by atoms with Crippen molar-refractivity contribution in [3.8, 4) is 0 Å². The number of benzene rings is 1. The first kappa shape index (κ1) is 18.5. The van der Waals surface area contributed by atoms with Crippen molar-refractivity contribution in [1.82, 2.24) is 4.90 Å². The van der Waals surface area contributed by atoms with Gasteiger partial charge in [0.25, 0.3) is 0 Å². The summed E-state index contributed by atoms with van der Waals surface area (Å²) < 4.78 is 5.11. The molecule has 0 bridgehead atoms. The van der Waals surface area contributed by atoms with Crippen LogP contribution in [0.1, 0.15) is 32.3 Å². The lowest BCUT2D eigenvalue weighted by Crippen LogP contribution is -2.37. The Hall–Kier alpha value is -1.88. The van der Waals surface area contributed by atoms with Crippen LogP contribution in [0.3, 0.4) is 0 Å². The molecule has 1 fully saturated rings. The molecular weight excluding hydrogens is 304 g/mol. The number of carbonyl (C=O) groups is 2. The summed E-state index contributed by atoms with van der Waals surface area (Å²) in [4.78, 5) is 28.0. The predicted molar refractivity (Wildman–Crippen MR) is 95.0 cm³/mol. The standard InChI is InChI=1S/C19H28N2O3/c1-15(2)14-20(11-12-24-3)19(23)13-16-6-8-17(9-7-16)21-10-4-5-18(21)22/h6-9,15H,4-5,10-14H2,1-3H3. The summed E-state index contributed by atoms with van der Waals surface area (Å²) >= 11 is 0. The highest BCUT2D eigenvalue weighted by Gasteiger charge is 2.21. The van der Waals surface area contributed by atoms with Gasteiger partial charge in [0.1, 0.15) is 0 Å². The largest absolute Gasteiger partial charge is 0.383 e. The van der Waals surface area contributed by atoms with Gasteiger partial charge in [0.2, 0.25) is 11.8 Å². The molecular formula is C19H28N2O3. The van der Waals surface area contributed by atoms with E-state index >= 15 is 0 Å². The van der Waals surface area contributed by atoms with E-state index in [9.17, 15) is 9.59 Å². The second-order valence-corrected chi connectivity index (χ2v) is 6.72. The second-order valence-electron chi connectivity index (χ2n) is 6.72. The predicted octanol–water partition coefficient (Wildman–Crippen LogP) is 2.49. The zero-order chi connectivity index (χ0) is 17.5. The molecule has 5 heteroatoms. The molecule has 5 nitrogen and oxygen atoms in total. The van der Waals surface area contributed by atoms with Crippen molar-refractivity contribution in [3.05, 3.63) is 29.8 Å². The summed E-state index contributed by atoms with van der Waals surface area (Å²) in [6.45, 7) is 6.91. The molecule has 0 aliphatic carbocycles. The quantitative estimate of drug-likeness (QED) is 0.735. The van der Waals surface area contributed by atoms with Gasteiger partial charge in [-0.05, 0) is 30.0 Å². The van der Waals surface area contributed by atoms with Crippen LogP contribution in [-0.4, -0.2) is 50.1 Å². The molecule has 0 radical (unpaired) electrons. The minimum atomic E-state index is 0.116. The van der Waals surface area contributed by atoms with E-state index in [1.54, 1.807) is 7.11 Å². The van der Waals surface area contributed by atoms with Crippen LogP contribution in [0.25, 0.3) is 0 Å². The topological polar surface area (TPSA) is 49.9 Å². The van der Waals surface area contributed by atoms with E-state index in [4.69, 9.17) is 4.74 Å². The van der Waals surface area contributed by atoms with E-state index in [0.29, 0.717) is 31.9 Å². The first-order chi connectivity index (χ1) is 11.5. The molecule has 24 heavy (non-hydrogen) atoms. The summed E-state index contributed by atoms with van der Waals surface area (Å²) in [5.41, 5.74) is 1.90. The van der Waals surface area contributed by atoms with Crippen LogP contribution < -0.4 is 4.90 Å². The molecule has 0 saturated carbocycles. The molecule has 1 aromatic carbocycles. The molecule has 1 aliphatic rings. The third kappa shape index (κ3) is 5.06. The lowest BCUT2D eigenvalue weighted by Gasteiger charge is -2.24. The molecule has 0 atom stereocenters. The molecule has 132 valence electrons. The Labute approximate surface area is 144 Å². The zero-order valence-electron chi connectivity index (χ0n) is 15.0. The number of rotatable bonds is 8. The van der Waals surface area contributed by atoms with E-state index in [0.717, 1.165) is 30.8 Å². The van der Waals surface area contributed by atoms with E-state index in [1.165, 1.54) is 0 Å². The average Bonchev–Trinajstić information content (AvgIpc) is 2.98. The van der Waals surface area contributed by atoms with Gasteiger partial charge < -0.3 is 14.5 Å². The van der Waals surface area contributed by atoms with Crippen LogP contribution >= 0.6 is 0 Å². The van der Waals surface area contributed by atoms with Gasteiger partial charge in [-0.25, -0.2) is 0 Å². The smallest absolute Gasteiger partial charge is 0.227 e. The van der Waals surface area contributed by atoms with Crippen LogP contribution in [0.5, 0.6) is 0 Å². The molecule has 1 aromatic rings. The van der Waals surface area contributed by atoms with Crippen LogP contribution in [0, 0.1) is 5.92 Å². The fourth-order valence-corrected chi connectivity index (χ4v) is 2.96. The number of anilines is 1. The molecule has 0 aromatic heterocycles. The first-order valence-electron chi connectivity index (χ1n) is 8.67. The van der Waals surface area contributed by atoms with E-state index in [2.05, 4.69) is 13.8 Å². The maximum Gasteiger partial charge on any atom is 0.227 e. The highest BCUT2D eigenvalue weighted by Crippen LogP contribution is 2.21. The van der Waals surface area contributed by atoms with E-state index < -0.39 is 0 Å². The van der Waals surface area contributed by atoms with Crippen LogP contribution in [0.15, 0.2) is 24.3 Å². The van der Waals surface area contributed by atoms with Gasteiger partial charge in [-0.2, -0.15) is 0 Å². The molecule has 0 spiro atoms. The summed E-state index contributed by atoms with van der Waals surface area (Å²) in [7, 11) is 1.65. The maximum absolute atomic E-state index is 12.6. The molecule has 2 rings (SSSR count). The van der Waals surface area contributed by atoms with E-state index in [1.807, 2.05) is 34.1 Å². The van der Waals surface area contributed by atoms with Crippen molar-refractivity contribution in [3.63, 3.8) is 0 Å². The lowest BCUT2D eigenvalue weighted by molar-refractivity contribution is -0.131. The number of amides is 2. The first-order valence-corrected chi connectivity index (χ1v) is 8.67. The van der Waals surface area contributed by atoms with Gasteiger partial charge in [0.15, 0.2) is 0 Å². The van der Waals surface area contributed by atoms with Crippen LogP contribution in [0.4, 0.5) is 5.69 Å². The number of ether oxygens (including phenoxy) is 1. The molecule has 0 unspecified atom stereocenters. The Morgan fingerprint density at radius 2 is 2.00 bits per heavy atom. The third-order valence-electron chi connectivity index (χ3n) is 4.18. The maximum atomic E-state index is 12.6. The Bertz CT molecular complexity index is 554. The highest BCUT2D eigenvalue weighted by atomic mass is 16.5. The van der Waals surface area contributed by atoms with Crippen molar-refractivity contribution in [2.45, 2.75) is 33.1 Å². The number of nitrogens with zero attached hydrogens (tertiary/aromatic N) is 2. The minimum Gasteiger partial charge on any atom is -0.383 e. The van der Waals surface area contributed by atoms with Gasteiger partial charge in [-0.3, -0.25) is 9.59 Å². The fourth-order valence-electron chi connectivity index (χ4n) is 2.96. The Balaban J connectivity index is 1.97. The van der Waals surface area contributed by atoms with Gasteiger partial charge in [-0.15, -0.1) is 0 Å². The molecule has 0 N–H and O–H groups in total. The Morgan fingerprint density at radius 3 is 2.54 bits per heavy atom. The lowest BCUT2D eigenvalue weighted by atomic mass is 10.1. The minimum absolute atomic E-state index is 0.116. The average molecular weight is 332 g/mol. The summed E-state index contributed by atoms with van der Waals surface area (Å²) in [6.07, 6.45) is 1.93. The van der Waals surface area contributed by atoms with Gasteiger partial charge in [0, 0.05) is 38.9 Å². The highest BCUT2D eigenvalue weighted by molar-refractivity contribution is 5.95. The normalized spacial score (nSPS) is 14.5. The van der Waals surface area contributed by atoms with Crippen molar-refractivity contribution >= 4 is 17.5 Å². The van der Waals surface area contributed by atoms with Gasteiger partial charge in [0.05, 0.1) is 13.0 Å². The summed E-state index contributed by atoms with van der Waals surface area (Å²) in [5, 5.41) is 0. The van der Waals surface area contributed by atoms with Crippen molar-refractivity contribution in [2.75, 3.05) is 38.3 Å². The number of hydrogen-bond acceptors (Lipinski definition) is 3. The molecule has 1 aliphatic heterocycles. The summed E-state index contributed by atoms with van der Waals surface area (Å²) in [6, 6.07) is 7.77. The third-order valence-corrected chi connectivity index (χ3v) is 4.18. The van der Waals surface area contributed by atoms with Crippen molar-refractivity contribution in [1.29, 1.82) is 0 Å². The summed E-state index contributed by atoms with van der Waals surface area (Å²) in [5.74, 6) is 0.724. The number of hydrogen-bond donors (Lipinski definition) is 0. The van der Waals surface area contributed by atoms with Gasteiger partial charge in [-0.1, -0.05) is 26.0 Å². The molecule has 2 amide bonds. The number of methoxy groups -OCH3 is 1. The molecule has 1 heterocycles. The van der Waals surface area contributed by atoms with Gasteiger partial charge >= 0.3 is 0 Å². The van der Waals surface area contributed by atoms with Crippen molar-refractivity contribution < 1.29 is 14.3 Å². The Kier molecular flexibility index (Phi) is 6.79. The van der Waals surface area contributed by atoms with E-state index in [-0.39, 0.29) is 11.8 Å². The van der Waals surface area contributed by atoms with Crippen LogP contribution in [0.2, 0.25) is 0 Å². The zero-order valence-corrected chi connectivity index (χ0v) is 15.0. The Morgan fingerprint density at radius 1 is 1.29 bits per heavy atom. The van der Waals surface area contributed by atoms with Crippen LogP contribution in [-0.2, 0) is 20.7 Å². The number of carbonyl (C=O) groups excluding carboxylic acids is 2. The van der Waals surface area contributed by atoms with Crippen molar-refractivity contribution in [2.24, 2.45) is 5.92 Å². The fraction of sp³-hybridized carbons (Fsp3) is 0.579. The molecule has 1 saturated heterocycles. The monoisotopic (exact) mass is 332 g/mol.